The van der Waals surface area contributed by atoms with Gasteiger partial charge in [0.05, 0.1) is 30.6 Å². The summed E-state index contributed by atoms with van der Waals surface area (Å²) in [6, 6.07) is 18.8. The second-order valence-electron chi connectivity index (χ2n) is 7.91. The van der Waals surface area contributed by atoms with Crippen LogP contribution in [0, 0.1) is 17.2 Å². The van der Waals surface area contributed by atoms with E-state index in [-0.39, 0.29) is 24.2 Å². The first kappa shape index (κ1) is 23.1. The zero-order valence-electron chi connectivity index (χ0n) is 18.3. The van der Waals surface area contributed by atoms with Crippen LogP contribution in [0.25, 0.3) is 0 Å². The highest BCUT2D eigenvalue weighted by Crippen LogP contribution is 2.21. The van der Waals surface area contributed by atoms with Gasteiger partial charge in [0.15, 0.2) is 0 Å². The minimum absolute atomic E-state index is 0.0146. The Labute approximate surface area is 189 Å². The molecular formula is C26H29N3O3. The molecule has 6 nitrogen and oxygen atoms in total. The number of carbonyl (C=O) groups is 2. The number of likely N-dealkylation sites (tertiary alicyclic amines) is 1. The molecule has 2 aromatic rings. The van der Waals surface area contributed by atoms with E-state index >= 15 is 0 Å². The number of rotatable bonds is 9. The van der Waals surface area contributed by atoms with E-state index in [4.69, 9.17) is 10.00 Å². The van der Waals surface area contributed by atoms with Crippen molar-refractivity contribution in [3.63, 3.8) is 0 Å². The van der Waals surface area contributed by atoms with E-state index in [1.807, 2.05) is 42.5 Å². The number of para-hydroxylation sites is 1. The first-order valence-corrected chi connectivity index (χ1v) is 10.9. The van der Waals surface area contributed by atoms with Gasteiger partial charge < -0.3 is 14.5 Å². The summed E-state index contributed by atoms with van der Waals surface area (Å²) in [4.78, 5) is 29.5. The second kappa shape index (κ2) is 11.7. The number of benzene rings is 2. The van der Waals surface area contributed by atoms with Crippen LogP contribution in [0.4, 0.5) is 0 Å². The maximum Gasteiger partial charge on any atom is 0.228 e. The van der Waals surface area contributed by atoms with Crippen LogP contribution in [0.1, 0.15) is 30.4 Å². The zero-order chi connectivity index (χ0) is 22.8. The molecule has 2 aromatic carbocycles. The Morgan fingerprint density at radius 2 is 1.94 bits per heavy atom. The molecule has 32 heavy (non-hydrogen) atoms. The van der Waals surface area contributed by atoms with E-state index in [0.29, 0.717) is 38.3 Å². The largest absolute Gasteiger partial charge is 0.493 e. The highest BCUT2D eigenvalue weighted by Gasteiger charge is 2.31. The Morgan fingerprint density at radius 3 is 2.62 bits per heavy atom. The van der Waals surface area contributed by atoms with Crippen LogP contribution >= 0.6 is 0 Å². The first-order valence-electron chi connectivity index (χ1n) is 10.9. The fourth-order valence-electron chi connectivity index (χ4n) is 3.89. The van der Waals surface area contributed by atoms with Crippen LogP contribution in [0.15, 0.2) is 67.3 Å². The number of piperidine rings is 1. The second-order valence-corrected chi connectivity index (χ2v) is 7.91. The highest BCUT2D eigenvalue weighted by molar-refractivity contribution is 5.81. The molecule has 1 saturated heterocycles. The molecule has 0 saturated carbocycles. The third-order valence-electron chi connectivity index (χ3n) is 5.57. The Morgan fingerprint density at radius 1 is 1.19 bits per heavy atom. The van der Waals surface area contributed by atoms with Gasteiger partial charge >= 0.3 is 0 Å². The standard InChI is InChI=1S/C26H29N3O3/c1-2-15-29(19-22-12-10-21(18-27)11-13-22)26(31)23-7-6-16-28(20-23)25(30)14-17-32-24-8-4-3-5-9-24/h2-5,8-13,23H,1,6-7,14-17,19-20H2. The third-order valence-corrected chi connectivity index (χ3v) is 5.57. The van der Waals surface area contributed by atoms with Crippen molar-refractivity contribution in [3.05, 3.63) is 78.4 Å². The van der Waals surface area contributed by atoms with Gasteiger partial charge in [-0.1, -0.05) is 36.4 Å². The molecule has 1 unspecified atom stereocenters. The molecule has 0 radical (unpaired) electrons. The minimum Gasteiger partial charge on any atom is -0.493 e. The summed E-state index contributed by atoms with van der Waals surface area (Å²) in [7, 11) is 0. The Balaban J connectivity index is 1.55. The molecule has 1 fully saturated rings. The minimum atomic E-state index is -0.221. The highest BCUT2D eigenvalue weighted by atomic mass is 16.5. The number of hydrogen-bond donors (Lipinski definition) is 0. The molecule has 2 amide bonds. The maximum absolute atomic E-state index is 13.2. The molecule has 0 aromatic heterocycles. The van der Waals surface area contributed by atoms with Crippen LogP contribution in [0.2, 0.25) is 0 Å². The predicted octanol–water partition coefficient (Wildman–Crippen LogP) is 3.78. The Kier molecular flexibility index (Phi) is 8.44. The Bertz CT molecular complexity index is 951. The number of amides is 2. The lowest BCUT2D eigenvalue weighted by molar-refractivity contribution is -0.141. The fraction of sp³-hybridized carbons (Fsp3) is 0.346. The first-order chi connectivity index (χ1) is 15.6. The van der Waals surface area contributed by atoms with Crippen molar-refractivity contribution in [3.8, 4) is 11.8 Å². The van der Waals surface area contributed by atoms with E-state index in [0.717, 1.165) is 24.2 Å². The van der Waals surface area contributed by atoms with Crippen molar-refractivity contribution >= 4 is 11.8 Å². The van der Waals surface area contributed by atoms with Crippen LogP contribution in [-0.4, -0.2) is 47.9 Å². The SMILES string of the molecule is C=CCN(Cc1ccc(C#N)cc1)C(=O)C1CCCN(C(=O)CCOc2ccccc2)C1. The third kappa shape index (κ3) is 6.45. The van der Waals surface area contributed by atoms with Crippen molar-refractivity contribution in [2.75, 3.05) is 26.2 Å². The molecule has 0 N–H and O–H groups in total. The van der Waals surface area contributed by atoms with Gasteiger partial charge in [-0.25, -0.2) is 0 Å². The Hall–Kier alpha value is -3.59. The van der Waals surface area contributed by atoms with E-state index in [1.165, 1.54) is 0 Å². The molecule has 0 aliphatic carbocycles. The quantitative estimate of drug-likeness (QED) is 0.567. The molecule has 6 heteroatoms. The fourth-order valence-corrected chi connectivity index (χ4v) is 3.89. The number of carbonyl (C=O) groups excluding carboxylic acids is 2. The van der Waals surface area contributed by atoms with Gasteiger partial charge in [-0.05, 0) is 42.7 Å². The van der Waals surface area contributed by atoms with Crippen molar-refractivity contribution in [2.24, 2.45) is 5.92 Å². The summed E-state index contributed by atoms with van der Waals surface area (Å²) in [6.45, 7) is 6.10. The van der Waals surface area contributed by atoms with Gasteiger partial charge in [0.2, 0.25) is 11.8 Å². The van der Waals surface area contributed by atoms with Crippen LogP contribution in [0.3, 0.4) is 0 Å². The van der Waals surface area contributed by atoms with Gasteiger partial charge in [-0.15, -0.1) is 6.58 Å². The van der Waals surface area contributed by atoms with E-state index in [1.54, 1.807) is 28.0 Å². The summed E-state index contributed by atoms with van der Waals surface area (Å²) in [6.07, 6.45) is 3.58. The lowest BCUT2D eigenvalue weighted by Gasteiger charge is -2.35. The van der Waals surface area contributed by atoms with Crippen molar-refractivity contribution in [1.29, 1.82) is 5.26 Å². The van der Waals surface area contributed by atoms with Crippen molar-refractivity contribution in [2.45, 2.75) is 25.8 Å². The van der Waals surface area contributed by atoms with Gasteiger partial charge in [0.25, 0.3) is 0 Å². The summed E-state index contributed by atoms with van der Waals surface area (Å²) in [5, 5.41) is 8.97. The molecule has 1 aliphatic rings. The van der Waals surface area contributed by atoms with Gasteiger partial charge in [0, 0.05) is 26.2 Å². The summed E-state index contributed by atoms with van der Waals surface area (Å²) < 4.78 is 5.64. The molecular weight excluding hydrogens is 402 g/mol. The topological polar surface area (TPSA) is 73.6 Å². The number of hydrogen-bond acceptors (Lipinski definition) is 4. The van der Waals surface area contributed by atoms with Crippen LogP contribution < -0.4 is 4.74 Å². The molecule has 1 heterocycles. The number of nitrogens with zero attached hydrogens (tertiary/aromatic N) is 3. The molecule has 0 bridgehead atoms. The zero-order valence-corrected chi connectivity index (χ0v) is 18.3. The van der Waals surface area contributed by atoms with Gasteiger partial charge in [-0.3, -0.25) is 9.59 Å². The van der Waals surface area contributed by atoms with Crippen molar-refractivity contribution in [1.82, 2.24) is 9.80 Å². The summed E-state index contributed by atoms with van der Waals surface area (Å²) in [5.74, 6) is 0.573. The smallest absolute Gasteiger partial charge is 0.228 e. The lowest BCUT2D eigenvalue weighted by Crippen LogP contribution is -2.46. The molecule has 3 rings (SSSR count). The van der Waals surface area contributed by atoms with Crippen LogP contribution in [0.5, 0.6) is 5.75 Å². The molecule has 1 aliphatic heterocycles. The normalized spacial score (nSPS) is 15.5. The van der Waals surface area contributed by atoms with E-state index < -0.39 is 0 Å². The predicted molar refractivity (Wildman–Crippen MR) is 123 cm³/mol. The molecule has 0 spiro atoms. The average Bonchev–Trinajstić information content (AvgIpc) is 2.84. The van der Waals surface area contributed by atoms with Gasteiger partial charge in [-0.2, -0.15) is 5.26 Å². The van der Waals surface area contributed by atoms with Crippen molar-refractivity contribution < 1.29 is 14.3 Å². The monoisotopic (exact) mass is 431 g/mol. The maximum atomic E-state index is 13.2. The van der Waals surface area contributed by atoms with Crippen LogP contribution in [-0.2, 0) is 16.1 Å². The molecule has 1 atom stereocenters. The summed E-state index contributed by atoms with van der Waals surface area (Å²) >= 11 is 0. The summed E-state index contributed by atoms with van der Waals surface area (Å²) in [5.41, 5.74) is 1.55. The van der Waals surface area contributed by atoms with E-state index in [9.17, 15) is 9.59 Å². The molecule has 166 valence electrons. The number of ether oxygens (including phenoxy) is 1. The average molecular weight is 432 g/mol. The lowest BCUT2D eigenvalue weighted by atomic mass is 9.96. The number of nitriles is 1. The van der Waals surface area contributed by atoms with Gasteiger partial charge in [0.1, 0.15) is 5.75 Å². The van der Waals surface area contributed by atoms with E-state index in [2.05, 4.69) is 12.6 Å².